The molecule has 0 saturated carbocycles. The number of carbonyl (C=O) groups is 2. The van der Waals surface area contributed by atoms with Crippen LogP contribution in [-0.4, -0.2) is 24.9 Å². The minimum Gasteiger partial charge on any atom is -0.348 e. The quantitative estimate of drug-likeness (QED) is 0.738. The summed E-state index contributed by atoms with van der Waals surface area (Å²) >= 11 is 0. The number of nitrogens with one attached hydrogen (secondary N) is 3. The normalized spacial score (nSPS) is 18.8. The van der Waals surface area contributed by atoms with Gasteiger partial charge in [-0.15, -0.1) is 0 Å². The first-order valence-corrected chi connectivity index (χ1v) is 6.67. The van der Waals surface area contributed by atoms with E-state index in [0.717, 1.165) is 31.5 Å². The van der Waals surface area contributed by atoms with Crippen molar-refractivity contribution < 1.29 is 9.59 Å². The maximum atomic E-state index is 12.1. The fraction of sp³-hybridized carbons (Fsp3) is 0.429. The van der Waals surface area contributed by atoms with Crippen LogP contribution in [0.25, 0.3) is 0 Å². The molecule has 2 aliphatic heterocycles. The summed E-state index contributed by atoms with van der Waals surface area (Å²) in [6, 6.07) is 5.51. The molecule has 1 fully saturated rings. The lowest BCUT2D eigenvalue weighted by Crippen LogP contribution is -2.34. The topological polar surface area (TPSA) is 70.2 Å². The van der Waals surface area contributed by atoms with Crippen molar-refractivity contribution in [3.8, 4) is 0 Å². The van der Waals surface area contributed by atoms with Gasteiger partial charge in [0.15, 0.2) is 0 Å². The Kier molecular flexibility index (Phi) is 3.21. The number of benzene rings is 1. The molecule has 5 heteroatoms. The predicted octanol–water partition coefficient (Wildman–Crippen LogP) is 0.868. The molecule has 0 spiro atoms. The molecule has 2 heterocycles. The number of rotatable bonds is 2. The van der Waals surface area contributed by atoms with E-state index >= 15 is 0 Å². The van der Waals surface area contributed by atoms with Gasteiger partial charge < -0.3 is 16.0 Å². The Bertz CT molecular complexity index is 521. The lowest BCUT2D eigenvalue weighted by atomic mass is 9.97. The SMILES string of the molecule is O=C1NCc2ccc(NC(=O)C3CCNCC3)cc21. The minimum absolute atomic E-state index is 0.0554. The molecule has 19 heavy (non-hydrogen) atoms. The summed E-state index contributed by atoms with van der Waals surface area (Å²) in [5.41, 5.74) is 2.37. The van der Waals surface area contributed by atoms with Crippen molar-refractivity contribution in [2.24, 2.45) is 5.92 Å². The Morgan fingerprint density at radius 2 is 2.05 bits per heavy atom. The molecule has 100 valence electrons. The summed E-state index contributed by atoms with van der Waals surface area (Å²) in [6.07, 6.45) is 1.74. The summed E-state index contributed by atoms with van der Waals surface area (Å²) in [6.45, 7) is 2.37. The largest absolute Gasteiger partial charge is 0.348 e. The summed E-state index contributed by atoms with van der Waals surface area (Å²) in [4.78, 5) is 23.7. The van der Waals surface area contributed by atoms with Crippen molar-refractivity contribution in [2.45, 2.75) is 19.4 Å². The van der Waals surface area contributed by atoms with E-state index in [2.05, 4.69) is 16.0 Å². The molecule has 0 radical (unpaired) electrons. The maximum Gasteiger partial charge on any atom is 0.251 e. The molecule has 0 bridgehead atoms. The van der Waals surface area contributed by atoms with Gasteiger partial charge in [0, 0.05) is 23.7 Å². The second kappa shape index (κ2) is 5.01. The highest BCUT2D eigenvalue weighted by Crippen LogP contribution is 2.21. The number of carbonyl (C=O) groups excluding carboxylic acids is 2. The fourth-order valence-electron chi connectivity index (χ4n) is 2.62. The van der Waals surface area contributed by atoms with Gasteiger partial charge in [-0.3, -0.25) is 9.59 Å². The van der Waals surface area contributed by atoms with E-state index in [4.69, 9.17) is 0 Å². The summed E-state index contributed by atoms with van der Waals surface area (Å²) in [5, 5.41) is 8.92. The number of hydrogen-bond donors (Lipinski definition) is 3. The standard InChI is InChI=1S/C14H17N3O2/c18-13(9-3-5-15-6-4-9)17-11-2-1-10-8-16-14(19)12(10)7-11/h1-2,7,9,15H,3-6,8H2,(H,16,19)(H,17,18). The molecule has 0 atom stereocenters. The number of piperidine rings is 1. The van der Waals surface area contributed by atoms with E-state index in [1.807, 2.05) is 12.1 Å². The zero-order valence-corrected chi connectivity index (χ0v) is 10.7. The van der Waals surface area contributed by atoms with Crippen LogP contribution < -0.4 is 16.0 Å². The minimum atomic E-state index is -0.0621. The van der Waals surface area contributed by atoms with E-state index in [-0.39, 0.29) is 17.7 Å². The van der Waals surface area contributed by atoms with Crippen molar-refractivity contribution >= 4 is 17.5 Å². The van der Waals surface area contributed by atoms with Crippen LogP contribution in [0.5, 0.6) is 0 Å². The number of fused-ring (bicyclic) bond motifs is 1. The Labute approximate surface area is 111 Å². The number of amides is 2. The van der Waals surface area contributed by atoms with Crippen LogP contribution in [0.2, 0.25) is 0 Å². The second-order valence-corrected chi connectivity index (χ2v) is 5.07. The monoisotopic (exact) mass is 259 g/mol. The maximum absolute atomic E-state index is 12.1. The highest BCUT2D eigenvalue weighted by Gasteiger charge is 2.22. The van der Waals surface area contributed by atoms with Gasteiger partial charge in [0.2, 0.25) is 5.91 Å². The van der Waals surface area contributed by atoms with Crippen molar-refractivity contribution in [1.29, 1.82) is 0 Å². The van der Waals surface area contributed by atoms with Crippen molar-refractivity contribution in [3.05, 3.63) is 29.3 Å². The van der Waals surface area contributed by atoms with Crippen molar-refractivity contribution in [2.75, 3.05) is 18.4 Å². The van der Waals surface area contributed by atoms with Crippen LogP contribution in [0, 0.1) is 5.92 Å². The highest BCUT2D eigenvalue weighted by molar-refractivity contribution is 6.00. The molecule has 0 aromatic heterocycles. The molecule has 1 aromatic rings. The summed E-state index contributed by atoms with van der Waals surface area (Å²) in [7, 11) is 0. The molecule has 1 aromatic carbocycles. The summed E-state index contributed by atoms with van der Waals surface area (Å²) < 4.78 is 0. The summed E-state index contributed by atoms with van der Waals surface area (Å²) in [5.74, 6) is 0.0659. The first-order chi connectivity index (χ1) is 9.24. The van der Waals surface area contributed by atoms with Crippen LogP contribution in [0.1, 0.15) is 28.8 Å². The highest BCUT2D eigenvalue weighted by atomic mass is 16.2. The van der Waals surface area contributed by atoms with Gasteiger partial charge in [-0.05, 0) is 43.6 Å². The van der Waals surface area contributed by atoms with E-state index in [0.29, 0.717) is 17.8 Å². The van der Waals surface area contributed by atoms with E-state index in [9.17, 15) is 9.59 Å². The third-order valence-electron chi connectivity index (χ3n) is 3.77. The van der Waals surface area contributed by atoms with E-state index in [1.54, 1.807) is 6.07 Å². The molecule has 2 amide bonds. The van der Waals surface area contributed by atoms with E-state index < -0.39 is 0 Å². The van der Waals surface area contributed by atoms with Gasteiger partial charge in [-0.2, -0.15) is 0 Å². The Morgan fingerprint density at radius 1 is 1.26 bits per heavy atom. The van der Waals surface area contributed by atoms with Crippen LogP contribution in [0.3, 0.4) is 0 Å². The average Bonchev–Trinajstić information content (AvgIpc) is 2.81. The molecule has 0 unspecified atom stereocenters. The van der Waals surface area contributed by atoms with Gasteiger partial charge in [0.1, 0.15) is 0 Å². The second-order valence-electron chi connectivity index (χ2n) is 5.07. The molecular formula is C14H17N3O2. The lowest BCUT2D eigenvalue weighted by molar-refractivity contribution is -0.120. The number of anilines is 1. The molecular weight excluding hydrogens is 242 g/mol. The number of hydrogen-bond acceptors (Lipinski definition) is 3. The van der Waals surface area contributed by atoms with Gasteiger partial charge in [-0.25, -0.2) is 0 Å². The van der Waals surface area contributed by atoms with Crippen LogP contribution in [-0.2, 0) is 11.3 Å². The molecule has 0 aliphatic carbocycles. The Morgan fingerprint density at radius 3 is 2.84 bits per heavy atom. The third kappa shape index (κ3) is 2.46. The molecule has 5 nitrogen and oxygen atoms in total. The van der Waals surface area contributed by atoms with Gasteiger partial charge in [0.25, 0.3) is 5.91 Å². The Balaban J connectivity index is 1.71. The zero-order chi connectivity index (χ0) is 13.2. The van der Waals surface area contributed by atoms with Gasteiger partial charge in [0.05, 0.1) is 0 Å². The molecule has 3 rings (SSSR count). The van der Waals surface area contributed by atoms with Crippen molar-refractivity contribution in [1.82, 2.24) is 10.6 Å². The fourth-order valence-corrected chi connectivity index (χ4v) is 2.62. The first-order valence-electron chi connectivity index (χ1n) is 6.67. The van der Waals surface area contributed by atoms with Gasteiger partial charge >= 0.3 is 0 Å². The molecule has 2 aliphatic rings. The predicted molar refractivity (Wildman–Crippen MR) is 71.8 cm³/mol. The zero-order valence-electron chi connectivity index (χ0n) is 10.7. The first kappa shape index (κ1) is 12.2. The van der Waals surface area contributed by atoms with Crippen LogP contribution in [0.4, 0.5) is 5.69 Å². The average molecular weight is 259 g/mol. The third-order valence-corrected chi connectivity index (χ3v) is 3.77. The molecule has 3 N–H and O–H groups in total. The van der Waals surface area contributed by atoms with Crippen LogP contribution in [0.15, 0.2) is 18.2 Å². The van der Waals surface area contributed by atoms with E-state index in [1.165, 1.54) is 0 Å². The van der Waals surface area contributed by atoms with Crippen LogP contribution >= 0.6 is 0 Å². The Hall–Kier alpha value is -1.88. The lowest BCUT2D eigenvalue weighted by Gasteiger charge is -2.21. The van der Waals surface area contributed by atoms with Crippen molar-refractivity contribution in [3.63, 3.8) is 0 Å². The van der Waals surface area contributed by atoms with Gasteiger partial charge in [-0.1, -0.05) is 6.07 Å². The molecule has 1 saturated heterocycles. The smallest absolute Gasteiger partial charge is 0.251 e.